The summed E-state index contributed by atoms with van der Waals surface area (Å²) < 4.78 is 2.12. The lowest BCUT2D eigenvalue weighted by Gasteiger charge is -2.10. The molecule has 11 heteroatoms. The minimum absolute atomic E-state index is 0.199. The number of fused-ring (bicyclic) bond motifs is 1. The first-order valence-electron chi connectivity index (χ1n) is 14.8. The quantitative estimate of drug-likeness (QED) is 0.135. The topological polar surface area (TPSA) is 117 Å². The lowest BCUT2D eigenvalue weighted by molar-refractivity contribution is -0.111. The van der Waals surface area contributed by atoms with Gasteiger partial charge in [0.2, 0.25) is 11.9 Å². The van der Waals surface area contributed by atoms with Crippen LogP contribution in [-0.4, -0.2) is 56.9 Å². The van der Waals surface area contributed by atoms with E-state index in [-0.39, 0.29) is 11.6 Å². The average molecular weight is 643 g/mol. The second-order valence-corrected chi connectivity index (χ2v) is 11.3. The van der Waals surface area contributed by atoms with Crippen LogP contribution in [0.25, 0.3) is 27.8 Å². The zero-order valence-electron chi connectivity index (χ0n) is 25.7. The number of hydrogen-bond donors (Lipinski definition) is 3. The van der Waals surface area contributed by atoms with Gasteiger partial charge in [-0.05, 0) is 62.6 Å². The number of rotatable bonds is 10. The van der Waals surface area contributed by atoms with Gasteiger partial charge in [-0.15, -0.1) is 0 Å². The fourth-order valence-corrected chi connectivity index (χ4v) is 5.14. The van der Waals surface area contributed by atoms with Crippen molar-refractivity contribution in [3.63, 3.8) is 0 Å². The van der Waals surface area contributed by atoms with Gasteiger partial charge in [-0.2, -0.15) is 0 Å². The largest absolute Gasteiger partial charge is 0.324 e. The molecule has 0 aliphatic heterocycles. The molecule has 2 amide bonds. The van der Waals surface area contributed by atoms with Gasteiger partial charge in [-0.1, -0.05) is 60.1 Å². The smallest absolute Gasteiger partial charge is 0.274 e. The van der Waals surface area contributed by atoms with E-state index < -0.39 is 5.91 Å². The van der Waals surface area contributed by atoms with Crippen molar-refractivity contribution in [2.24, 2.45) is 0 Å². The standard InChI is InChI=1S/C36H31ClN8O2/c1-44(2)19-9-16-33(46)40-26-17-18-31(38-21-26)35(47)41-24-10-8-11-25(20-24)42-36-39-22-30(37)34(43-36)29-23-45(27-12-4-3-5-13-27)32-15-7-6-14-28(29)32/h3-18,20-23H,19H2,1-2H3,(H,40,46)(H,41,47)(H,39,42,43)/b16-9+. The first-order chi connectivity index (χ1) is 22.8. The van der Waals surface area contributed by atoms with E-state index in [9.17, 15) is 9.59 Å². The second-order valence-electron chi connectivity index (χ2n) is 10.9. The Hall–Kier alpha value is -5.84. The Morgan fingerprint density at radius 1 is 0.851 bits per heavy atom. The number of carbonyl (C=O) groups excluding carboxylic acids is 2. The van der Waals surface area contributed by atoms with E-state index >= 15 is 0 Å². The summed E-state index contributed by atoms with van der Waals surface area (Å²) in [7, 11) is 3.83. The molecule has 0 aliphatic carbocycles. The third kappa shape index (κ3) is 7.52. The highest BCUT2D eigenvalue weighted by Gasteiger charge is 2.17. The molecule has 3 N–H and O–H groups in total. The Morgan fingerprint density at radius 3 is 2.43 bits per heavy atom. The van der Waals surface area contributed by atoms with Gasteiger partial charge in [-0.3, -0.25) is 9.59 Å². The molecular weight excluding hydrogens is 612 g/mol. The number of nitrogens with zero attached hydrogens (tertiary/aromatic N) is 5. The van der Waals surface area contributed by atoms with Gasteiger partial charge < -0.3 is 25.4 Å². The summed E-state index contributed by atoms with van der Waals surface area (Å²) in [6.07, 6.45) is 8.27. The van der Waals surface area contributed by atoms with E-state index in [2.05, 4.69) is 48.7 Å². The highest BCUT2D eigenvalue weighted by molar-refractivity contribution is 6.33. The van der Waals surface area contributed by atoms with Crippen LogP contribution in [0.2, 0.25) is 5.02 Å². The molecular formula is C36H31ClN8O2. The number of benzene rings is 3. The molecule has 47 heavy (non-hydrogen) atoms. The van der Waals surface area contributed by atoms with Crippen LogP contribution in [0, 0.1) is 0 Å². The summed E-state index contributed by atoms with van der Waals surface area (Å²) in [5, 5.41) is 10.2. The minimum Gasteiger partial charge on any atom is -0.324 e. The molecule has 0 unspecified atom stereocenters. The van der Waals surface area contributed by atoms with Gasteiger partial charge in [-0.25, -0.2) is 15.0 Å². The number of para-hydroxylation sites is 2. The fraction of sp³-hybridized carbons (Fsp3) is 0.0833. The molecule has 0 radical (unpaired) electrons. The molecule has 3 heterocycles. The molecule has 0 saturated carbocycles. The molecule has 0 spiro atoms. The van der Waals surface area contributed by atoms with Gasteiger partial charge >= 0.3 is 0 Å². The summed E-state index contributed by atoms with van der Waals surface area (Å²) in [6, 6.07) is 28.6. The van der Waals surface area contributed by atoms with E-state index in [4.69, 9.17) is 16.6 Å². The maximum Gasteiger partial charge on any atom is 0.274 e. The number of carbonyl (C=O) groups is 2. The van der Waals surface area contributed by atoms with Gasteiger partial charge in [0.1, 0.15) is 5.69 Å². The van der Waals surface area contributed by atoms with Crippen LogP contribution in [0.5, 0.6) is 0 Å². The first kappa shape index (κ1) is 31.2. The van der Waals surface area contributed by atoms with Crippen molar-refractivity contribution in [2.45, 2.75) is 0 Å². The molecule has 6 rings (SSSR count). The lowest BCUT2D eigenvalue weighted by atomic mass is 10.1. The van der Waals surface area contributed by atoms with Crippen LogP contribution in [0.15, 0.2) is 122 Å². The van der Waals surface area contributed by atoms with Crippen LogP contribution in [0.4, 0.5) is 23.0 Å². The van der Waals surface area contributed by atoms with Crippen molar-refractivity contribution in [2.75, 3.05) is 36.6 Å². The number of likely N-dealkylation sites (N-methyl/N-ethyl adjacent to an activating group) is 1. The minimum atomic E-state index is -0.397. The molecule has 234 valence electrons. The van der Waals surface area contributed by atoms with Crippen molar-refractivity contribution in [1.82, 2.24) is 24.4 Å². The number of halogens is 1. The molecule has 0 saturated heterocycles. The van der Waals surface area contributed by atoms with Gasteiger partial charge in [0, 0.05) is 46.8 Å². The van der Waals surface area contributed by atoms with Crippen LogP contribution >= 0.6 is 11.6 Å². The molecule has 3 aromatic heterocycles. The summed E-state index contributed by atoms with van der Waals surface area (Å²) >= 11 is 6.65. The average Bonchev–Trinajstić information content (AvgIpc) is 3.46. The predicted molar refractivity (Wildman–Crippen MR) is 188 cm³/mol. The maximum absolute atomic E-state index is 12.9. The molecule has 0 bridgehead atoms. The SMILES string of the molecule is CN(C)C/C=C/C(=O)Nc1ccc(C(=O)Nc2cccc(Nc3ncc(Cl)c(-c4cn(-c5ccccc5)c5ccccc45)n3)c2)nc1. The maximum atomic E-state index is 12.9. The van der Waals surface area contributed by atoms with Crippen LogP contribution in [-0.2, 0) is 4.79 Å². The zero-order chi connectivity index (χ0) is 32.8. The Bertz CT molecular complexity index is 2080. The van der Waals surface area contributed by atoms with E-state index in [0.717, 1.165) is 22.2 Å². The van der Waals surface area contributed by atoms with E-state index in [1.165, 1.54) is 12.3 Å². The Morgan fingerprint density at radius 2 is 1.64 bits per heavy atom. The van der Waals surface area contributed by atoms with Crippen molar-refractivity contribution >= 4 is 57.3 Å². The zero-order valence-corrected chi connectivity index (χ0v) is 26.4. The highest BCUT2D eigenvalue weighted by Crippen LogP contribution is 2.35. The van der Waals surface area contributed by atoms with Crippen molar-refractivity contribution in [1.29, 1.82) is 0 Å². The summed E-state index contributed by atoms with van der Waals surface area (Å²) in [4.78, 5) is 40.4. The van der Waals surface area contributed by atoms with Crippen molar-refractivity contribution in [3.8, 4) is 16.9 Å². The monoisotopic (exact) mass is 642 g/mol. The third-order valence-electron chi connectivity index (χ3n) is 7.13. The first-order valence-corrected chi connectivity index (χ1v) is 15.2. The summed E-state index contributed by atoms with van der Waals surface area (Å²) in [6.45, 7) is 0.649. The number of aromatic nitrogens is 4. The van der Waals surface area contributed by atoms with E-state index in [1.807, 2.05) is 67.7 Å². The number of pyridine rings is 1. The number of anilines is 4. The number of amides is 2. The molecule has 6 aromatic rings. The summed E-state index contributed by atoms with van der Waals surface area (Å²) in [5.41, 5.74) is 5.42. The molecule has 0 atom stereocenters. The fourth-order valence-electron chi connectivity index (χ4n) is 4.94. The third-order valence-corrected chi connectivity index (χ3v) is 7.40. The van der Waals surface area contributed by atoms with Crippen LogP contribution in [0.1, 0.15) is 10.5 Å². The summed E-state index contributed by atoms with van der Waals surface area (Å²) in [5.74, 6) is -0.322. The van der Waals surface area contributed by atoms with E-state index in [1.54, 1.807) is 42.6 Å². The van der Waals surface area contributed by atoms with Gasteiger partial charge in [0.05, 0.1) is 34.3 Å². The highest BCUT2D eigenvalue weighted by atomic mass is 35.5. The Kier molecular flexibility index (Phi) is 9.33. The Balaban J connectivity index is 1.16. The van der Waals surface area contributed by atoms with Gasteiger partial charge in [0.25, 0.3) is 5.91 Å². The normalized spacial score (nSPS) is 11.2. The molecule has 10 nitrogen and oxygen atoms in total. The Labute approximate surface area is 276 Å². The second kappa shape index (κ2) is 14.1. The molecule has 0 aliphatic rings. The van der Waals surface area contributed by atoms with Crippen LogP contribution in [0.3, 0.4) is 0 Å². The molecule has 0 fully saturated rings. The predicted octanol–water partition coefficient (Wildman–Crippen LogP) is 7.19. The van der Waals surface area contributed by atoms with Gasteiger partial charge in [0.15, 0.2) is 0 Å². The van der Waals surface area contributed by atoms with E-state index in [0.29, 0.717) is 40.3 Å². The van der Waals surface area contributed by atoms with Crippen molar-refractivity contribution in [3.05, 3.63) is 132 Å². The van der Waals surface area contributed by atoms with Crippen molar-refractivity contribution < 1.29 is 9.59 Å². The van der Waals surface area contributed by atoms with Crippen LogP contribution < -0.4 is 16.0 Å². The number of nitrogens with one attached hydrogen (secondary N) is 3. The number of hydrogen-bond acceptors (Lipinski definition) is 7. The lowest BCUT2D eigenvalue weighted by Crippen LogP contribution is -2.15. The molecule has 3 aromatic carbocycles.